The van der Waals surface area contributed by atoms with E-state index < -0.39 is 0 Å². The van der Waals surface area contributed by atoms with E-state index in [0.717, 1.165) is 0 Å². The molecule has 0 aromatic carbocycles. The van der Waals surface area contributed by atoms with Crippen LogP contribution in [0.2, 0.25) is 5.32 Å². The Kier molecular flexibility index (Phi) is 1.59. The number of carbonyl (C=O) groups excluding carboxylic acids is 1. The first-order valence-corrected chi connectivity index (χ1v) is 5.39. The number of carbonyl (C=O) groups is 1. The Morgan fingerprint density at radius 2 is 2.25 bits per heavy atom. The van der Waals surface area contributed by atoms with Crippen LogP contribution in [0, 0.1) is 6.92 Å². The topological polar surface area (TPSA) is 64.8 Å². The molecule has 0 N–H and O–H groups in total. The predicted molar refractivity (Wildman–Crippen MR) is 41.9 cm³/mol. The van der Waals surface area contributed by atoms with E-state index in [4.69, 9.17) is 0 Å². The van der Waals surface area contributed by atoms with Gasteiger partial charge in [0.25, 0.3) is 0 Å². The van der Waals surface area contributed by atoms with Crippen molar-refractivity contribution in [1.82, 2.24) is 14.8 Å². The molecule has 0 fully saturated rings. The molecule has 0 bridgehead atoms. The van der Waals surface area contributed by atoms with Gasteiger partial charge in [-0.25, -0.2) is 0 Å². The summed E-state index contributed by atoms with van der Waals surface area (Å²) in [5, 5.41) is 4.31. The van der Waals surface area contributed by atoms with Crippen LogP contribution in [0.5, 0.6) is 0 Å². The van der Waals surface area contributed by atoms with Crippen LogP contribution in [0.3, 0.4) is 0 Å². The molecule has 1 aliphatic rings. The molecule has 1 aliphatic heterocycles. The Morgan fingerprint density at radius 1 is 1.50 bits per heavy atom. The van der Waals surface area contributed by atoms with E-state index in [0.29, 0.717) is 10.0 Å². The number of nitrogens with zero attached hydrogens (tertiary/aromatic N) is 3. The molecule has 0 atom stereocenters. The number of aryl methyl sites for hydroxylation is 1. The van der Waals surface area contributed by atoms with Crippen LogP contribution >= 0.6 is 0 Å². The Bertz CT molecular complexity index is 412. The molecule has 0 amide bonds. The third-order valence-corrected chi connectivity index (χ3v) is 3.42. The van der Waals surface area contributed by atoms with Crippen molar-refractivity contribution in [2.45, 2.75) is 12.2 Å². The van der Waals surface area contributed by atoms with Crippen LogP contribution in [0.4, 0.5) is 0 Å². The summed E-state index contributed by atoms with van der Waals surface area (Å²) in [6.07, 6.45) is 0. The first-order valence-electron chi connectivity index (χ1n) is 3.32. The maximum atomic E-state index is 11.1. The molecule has 2 heterocycles. The molecule has 1 aromatic rings. The van der Waals surface area contributed by atoms with Crippen LogP contribution in [-0.2, 0) is 0 Å². The summed E-state index contributed by atoms with van der Waals surface area (Å²) < 4.78 is 1.79. The molecule has 0 unspecified atom stereocenters. The van der Waals surface area contributed by atoms with E-state index >= 15 is 0 Å². The number of hydrogen-bond donors (Lipinski definition) is 0. The van der Waals surface area contributed by atoms with Crippen molar-refractivity contribution in [3.63, 3.8) is 0 Å². The van der Waals surface area contributed by atoms with Crippen LogP contribution in [-0.4, -0.2) is 35.6 Å². The Hall–Kier alpha value is -1.00. The molecular formula is C6H5N3O2Se. The average molecular weight is 230 g/mol. The van der Waals surface area contributed by atoms with Crippen molar-refractivity contribution in [2.75, 3.05) is 0 Å². The van der Waals surface area contributed by atoms with Crippen molar-refractivity contribution in [3.8, 4) is 0 Å². The predicted octanol–water partition coefficient (Wildman–Crippen LogP) is -1.65. The Morgan fingerprint density at radius 3 is 3.00 bits per heavy atom. The monoisotopic (exact) mass is 231 g/mol. The Balaban J connectivity index is 2.72. The number of rotatable bonds is 0. The fourth-order valence-electron chi connectivity index (χ4n) is 0.894. The average Bonchev–Trinajstić information content (AvgIpc) is 2.35. The Labute approximate surface area is 74.0 Å². The van der Waals surface area contributed by atoms with E-state index in [1.54, 1.807) is 6.92 Å². The number of aromatic nitrogens is 3. The van der Waals surface area contributed by atoms with Crippen LogP contribution < -0.4 is 10.3 Å². The maximum absolute atomic E-state index is 11.1. The second-order valence-corrected chi connectivity index (χ2v) is 4.36. The zero-order chi connectivity index (χ0) is 8.72. The third kappa shape index (κ3) is 1.000. The van der Waals surface area contributed by atoms with Crippen molar-refractivity contribution in [3.05, 3.63) is 16.0 Å². The van der Waals surface area contributed by atoms with Crippen molar-refractivity contribution in [1.29, 1.82) is 0 Å². The number of hydrogen-bond acceptors (Lipinski definition) is 4. The zero-order valence-corrected chi connectivity index (χ0v) is 7.99. The van der Waals surface area contributed by atoms with E-state index in [1.165, 1.54) is 4.68 Å². The summed E-state index contributed by atoms with van der Waals surface area (Å²) in [5.74, 6) is -0.0550. The quantitative estimate of drug-likeness (QED) is 0.501. The summed E-state index contributed by atoms with van der Waals surface area (Å²) in [6, 6.07) is 0. The van der Waals surface area contributed by atoms with Gasteiger partial charge in [0.2, 0.25) is 0 Å². The molecule has 0 saturated heterocycles. The fraction of sp³-hybridized carbons (Fsp3) is 0.333. The number of fused-ring (bicyclic) bond motifs is 1. The van der Waals surface area contributed by atoms with Crippen molar-refractivity contribution >= 4 is 25.6 Å². The molecule has 6 heteroatoms. The zero-order valence-electron chi connectivity index (χ0n) is 6.27. The van der Waals surface area contributed by atoms with Gasteiger partial charge < -0.3 is 0 Å². The SMILES string of the molecule is Cc1nn2c(nc1=O)[Se]CC2=O. The van der Waals surface area contributed by atoms with Gasteiger partial charge in [-0.3, -0.25) is 0 Å². The second-order valence-electron chi connectivity index (χ2n) is 2.38. The van der Waals surface area contributed by atoms with Crippen molar-refractivity contribution in [2.24, 2.45) is 0 Å². The van der Waals surface area contributed by atoms with Crippen molar-refractivity contribution < 1.29 is 4.79 Å². The minimum atomic E-state index is -0.321. The summed E-state index contributed by atoms with van der Waals surface area (Å²) in [4.78, 5) is 25.9. The van der Waals surface area contributed by atoms with Gasteiger partial charge in [0.1, 0.15) is 0 Å². The van der Waals surface area contributed by atoms with Gasteiger partial charge in [-0.2, -0.15) is 0 Å². The van der Waals surface area contributed by atoms with Crippen LogP contribution in [0.15, 0.2) is 4.79 Å². The molecule has 5 nitrogen and oxygen atoms in total. The van der Waals surface area contributed by atoms with Gasteiger partial charge in [0.15, 0.2) is 0 Å². The van der Waals surface area contributed by atoms with Crippen LogP contribution in [0.25, 0.3) is 0 Å². The van der Waals surface area contributed by atoms with Crippen LogP contribution in [0.1, 0.15) is 10.5 Å². The first kappa shape index (κ1) is 7.64. The molecule has 0 spiro atoms. The molecule has 2 rings (SSSR count). The molecule has 62 valence electrons. The van der Waals surface area contributed by atoms with Gasteiger partial charge in [0.05, 0.1) is 0 Å². The van der Waals surface area contributed by atoms with Gasteiger partial charge >= 0.3 is 73.4 Å². The molecule has 0 saturated carbocycles. The van der Waals surface area contributed by atoms with Gasteiger partial charge in [-0.1, -0.05) is 0 Å². The molecule has 12 heavy (non-hydrogen) atoms. The summed E-state index contributed by atoms with van der Waals surface area (Å²) in [5.41, 5.74) is -0.0392. The fourth-order valence-corrected chi connectivity index (χ4v) is 2.55. The summed E-state index contributed by atoms with van der Waals surface area (Å²) in [7, 11) is 0. The molecule has 0 aliphatic carbocycles. The molecular weight excluding hydrogens is 225 g/mol. The minimum absolute atomic E-state index is 0.00303. The van der Waals surface area contributed by atoms with E-state index in [9.17, 15) is 9.59 Å². The van der Waals surface area contributed by atoms with E-state index in [2.05, 4.69) is 10.1 Å². The van der Waals surface area contributed by atoms with Gasteiger partial charge in [-0.05, 0) is 0 Å². The second kappa shape index (κ2) is 2.50. The molecule has 0 radical (unpaired) electrons. The normalized spacial score (nSPS) is 14.9. The summed E-state index contributed by atoms with van der Waals surface area (Å²) >= 11 is -0.00303. The first-order chi connectivity index (χ1) is 5.68. The van der Waals surface area contributed by atoms with E-state index in [-0.39, 0.29) is 32.1 Å². The molecule has 1 aromatic heterocycles. The van der Waals surface area contributed by atoms with Gasteiger partial charge in [-0.15, -0.1) is 0 Å². The third-order valence-electron chi connectivity index (χ3n) is 1.50. The van der Waals surface area contributed by atoms with Gasteiger partial charge in [0, 0.05) is 0 Å². The standard InChI is InChI=1S/C6H5N3O2Se/c1-3-5(11)7-6-9(8-3)4(10)2-12-6/h2H2,1H3. The van der Waals surface area contributed by atoms with E-state index in [1.807, 2.05) is 0 Å². The summed E-state index contributed by atoms with van der Waals surface area (Å²) in [6.45, 7) is 1.56.